The number of benzene rings is 1. The van der Waals surface area contributed by atoms with Crippen LogP contribution >= 0.6 is 35.6 Å². The van der Waals surface area contributed by atoms with Crippen molar-refractivity contribution < 1.29 is 12.8 Å². The van der Waals surface area contributed by atoms with Gasteiger partial charge < -0.3 is 5.73 Å². The third-order valence-corrected chi connectivity index (χ3v) is 4.22. The van der Waals surface area contributed by atoms with E-state index in [-0.39, 0.29) is 28.9 Å². The predicted molar refractivity (Wildman–Crippen MR) is 77.1 cm³/mol. The van der Waals surface area contributed by atoms with Crippen molar-refractivity contribution >= 4 is 45.6 Å². The zero-order chi connectivity index (χ0) is 14.1. The van der Waals surface area contributed by atoms with E-state index in [1.165, 1.54) is 0 Å². The van der Waals surface area contributed by atoms with E-state index in [9.17, 15) is 12.8 Å². The normalized spacial score (nSPS) is 12.1. The molecule has 1 aromatic rings. The molecule has 0 atom stereocenters. The molecule has 0 spiro atoms. The number of halogens is 4. The van der Waals surface area contributed by atoms with Crippen molar-refractivity contribution in [2.45, 2.75) is 24.3 Å². The molecule has 0 aromatic heterocycles. The summed E-state index contributed by atoms with van der Waals surface area (Å²) in [5.74, 6) is -0.965. The van der Waals surface area contributed by atoms with Gasteiger partial charge in [-0.1, -0.05) is 23.2 Å². The molecule has 0 aliphatic heterocycles. The first kappa shape index (κ1) is 18.9. The molecule has 0 heterocycles. The van der Waals surface area contributed by atoms with Crippen molar-refractivity contribution in [1.82, 2.24) is 4.72 Å². The molecule has 0 amide bonds. The van der Waals surface area contributed by atoms with Gasteiger partial charge in [-0.05, 0) is 26.0 Å². The molecule has 0 bridgehead atoms. The summed E-state index contributed by atoms with van der Waals surface area (Å²) in [4.78, 5) is -0.365. The highest BCUT2D eigenvalue weighted by Gasteiger charge is 2.23. The van der Waals surface area contributed by atoms with Crippen LogP contribution in [0.3, 0.4) is 0 Å². The average molecular weight is 352 g/mol. The first-order valence-electron chi connectivity index (χ1n) is 4.96. The second-order valence-corrected chi connectivity index (χ2v) is 7.01. The Morgan fingerprint density at radius 1 is 1.37 bits per heavy atom. The molecule has 1 rings (SSSR count). The highest BCUT2D eigenvalue weighted by Crippen LogP contribution is 2.29. The van der Waals surface area contributed by atoms with Crippen molar-refractivity contribution in [1.29, 1.82) is 0 Å². The van der Waals surface area contributed by atoms with Crippen molar-refractivity contribution in [3.05, 3.63) is 28.0 Å². The Morgan fingerprint density at radius 3 is 2.37 bits per heavy atom. The van der Waals surface area contributed by atoms with Gasteiger partial charge in [-0.2, -0.15) is 0 Å². The van der Waals surface area contributed by atoms with Crippen molar-refractivity contribution in [2.75, 3.05) is 6.54 Å². The monoisotopic (exact) mass is 350 g/mol. The summed E-state index contributed by atoms with van der Waals surface area (Å²) >= 11 is 11.1. The number of nitrogens with two attached hydrogens (primary N) is 1. The zero-order valence-corrected chi connectivity index (χ0v) is 13.4. The van der Waals surface area contributed by atoms with Gasteiger partial charge in [0.25, 0.3) is 0 Å². The first-order chi connectivity index (χ1) is 8.04. The van der Waals surface area contributed by atoms with Crippen LogP contribution in [0.4, 0.5) is 4.39 Å². The Hall–Kier alpha value is -0.110. The van der Waals surface area contributed by atoms with E-state index in [0.29, 0.717) is 0 Å². The fraction of sp³-hybridized carbons (Fsp3) is 0.400. The minimum Gasteiger partial charge on any atom is -0.324 e. The zero-order valence-electron chi connectivity index (χ0n) is 10.2. The Morgan fingerprint density at radius 2 is 1.89 bits per heavy atom. The molecule has 0 radical (unpaired) electrons. The highest BCUT2D eigenvalue weighted by atomic mass is 35.5. The lowest BCUT2D eigenvalue weighted by Crippen LogP contribution is -2.45. The highest BCUT2D eigenvalue weighted by molar-refractivity contribution is 7.89. The largest absolute Gasteiger partial charge is 0.324 e. The predicted octanol–water partition coefficient (Wildman–Crippen LogP) is 2.57. The Labute approximate surface area is 127 Å². The second-order valence-electron chi connectivity index (χ2n) is 4.49. The summed E-state index contributed by atoms with van der Waals surface area (Å²) in [6, 6.07) is 2.27. The Kier molecular flexibility index (Phi) is 6.52. The lowest BCUT2D eigenvalue weighted by atomic mass is 10.1. The molecule has 0 aliphatic rings. The lowest BCUT2D eigenvalue weighted by Gasteiger charge is -2.19. The maximum atomic E-state index is 13.4. The summed E-state index contributed by atoms with van der Waals surface area (Å²) in [5.41, 5.74) is 4.93. The molecule has 0 saturated heterocycles. The van der Waals surface area contributed by atoms with Crippen LogP contribution in [0.5, 0.6) is 0 Å². The summed E-state index contributed by atoms with van der Waals surface area (Å²) in [6.45, 7) is 3.30. The molecule has 19 heavy (non-hydrogen) atoms. The van der Waals surface area contributed by atoms with Crippen LogP contribution in [-0.4, -0.2) is 20.5 Å². The third kappa shape index (κ3) is 5.06. The van der Waals surface area contributed by atoms with Gasteiger partial charge in [-0.15, -0.1) is 12.4 Å². The number of hydrogen-bond acceptors (Lipinski definition) is 3. The van der Waals surface area contributed by atoms with E-state index in [1.807, 2.05) is 0 Å². The molecule has 0 aliphatic carbocycles. The molecule has 3 N–H and O–H groups in total. The van der Waals surface area contributed by atoms with E-state index in [1.54, 1.807) is 13.8 Å². The van der Waals surface area contributed by atoms with Gasteiger partial charge in [-0.25, -0.2) is 17.5 Å². The van der Waals surface area contributed by atoms with E-state index >= 15 is 0 Å². The van der Waals surface area contributed by atoms with E-state index < -0.39 is 26.4 Å². The van der Waals surface area contributed by atoms with Crippen LogP contribution in [0.15, 0.2) is 17.0 Å². The van der Waals surface area contributed by atoms with Gasteiger partial charge in [0.15, 0.2) is 5.82 Å². The van der Waals surface area contributed by atoms with Gasteiger partial charge in [0.1, 0.15) is 4.90 Å². The van der Waals surface area contributed by atoms with Gasteiger partial charge in [0, 0.05) is 12.1 Å². The van der Waals surface area contributed by atoms with E-state index in [2.05, 4.69) is 4.72 Å². The molecule has 0 saturated carbocycles. The van der Waals surface area contributed by atoms with Gasteiger partial charge in [0.05, 0.1) is 10.0 Å². The Balaban J connectivity index is 0.00000324. The third-order valence-electron chi connectivity index (χ3n) is 2.01. The van der Waals surface area contributed by atoms with Crippen LogP contribution in [0.25, 0.3) is 0 Å². The van der Waals surface area contributed by atoms with Crippen LogP contribution in [0.2, 0.25) is 10.0 Å². The number of hydrogen-bond donors (Lipinski definition) is 2. The molecule has 9 heteroatoms. The summed E-state index contributed by atoms with van der Waals surface area (Å²) < 4.78 is 39.5. The number of nitrogens with one attached hydrogen (secondary N) is 1. The van der Waals surface area contributed by atoms with Crippen molar-refractivity contribution in [3.8, 4) is 0 Å². The van der Waals surface area contributed by atoms with Gasteiger partial charge >= 0.3 is 0 Å². The van der Waals surface area contributed by atoms with Crippen LogP contribution in [-0.2, 0) is 10.0 Å². The van der Waals surface area contributed by atoms with Crippen LogP contribution in [0, 0.1) is 5.82 Å². The van der Waals surface area contributed by atoms with Gasteiger partial charge in [-0.3, -0.25) is 0 Å². The van der Waals surface area contributed by atoms with Crippen molar-refractivity contribution in [3.63, 3.8) is 0 Å². The molecule has 4 nitrogen and oxygen atoms in total. The number of sulfonamides is 1. The molecule has 1 aromatic carbocycles. The van der Waals surface area contributed by atoms with E-state index in [0.717, 1.165) is 12.1 Å². The summed E-state index contributed by atoms with van der Waals surface area (Å²) in [5, 5.41) is -0.775. The Bertz CT molecular complexity index is 559. The summed E-state index contributed by atoms with van der Waals surface area (Å²) in [7, 11) is -3.92. The topological polar surface area (TPSA) is 72.2 Å². The summed E-state index contributed by atoms with van der Waals surface area (Å²) in [6.07, 6.45) is 0. The molecule has 0 fully saturated rings. The smallest absolute Gasteiger partial charge is 0.242 e. The number of rotatable bonds is 4. The van der Waals surface area contributed by atoms with Crippen LogP contribution in [0.1, 0.15) is 13.8 Å². The maximum absolute atomic E-state index is 13.4. The maximum Gasteiger partial charge on any atom is 0.242 e. The van der Waals surface area contributed by atoms with Crippen LogP contribution < -0.4 is 10.5 Å². The molecular formula is C10H14Cl3FN2O2S. The quantitative estimate of drug-likeness (QED) is 0.819. The van der Waals surface area contributed by atoms with Gasteiger partial charge in [0.2, 0.25) is 10.0 Å². The molecular weight excluding hydrogens is 338 g/mol. The van der Waals surface area contributed by atoms with E-state index in [4.69, 9.17) is 28.9 Å². The average Bonchev–Trinajstić information content (AvgIpc) is 2.22. The molecule has 110 valence electrons. The second kappa shape index (κ2) is 6.56. The lowest BCUT2D eigenvalue weighted by molar-refractivity contribution is 0.497. The van der Waals surface area contributed by atoms with Crippen molar-refractivity contribution in [2.24, 2.45) is 5.73 Å². The minimum absolute atomic E-state index is 0. The SMILES string of the molecule is CC(C)(N)CNS(=O)(=O)c1ccc(Cl)c(F)c1Cl.Cl. The first-order valence-corrected chi connectivity index (χ1v) is 7.20. The minimum atomic E-state index is -3.92. The fourth-order valence-corrected chi connectivity index (χ4v) is 3.04. The standard InChI is InChI=1S/C10H13Cl2FN2O2S.ClH/c1-10(2,14)5-15-18(16,17)7-4-3-6(11)9(13)8(7)12;/h3-4,15H,5,14H2,1-2H3;1H. The molecule has 0 unspecified atom stereocenters. The fourth-order valence-electron chi connectivity index (χ4n) is 1.07.